The van der Waals surface area contributed by atoms with Gasteiger partial charge in [0.05, 0.1) is 0 Å². The summed E-state index contributed by atoms with van der Waals surface area (Å²) in [6.07, 6.45) is 5.03. The van der Waals surface area contributed by atoms with Gasteiger partial charge < -0.3 is 10.4 Å². The number of benzene rings is 1. The summed E-state index contributed by atoms with van der Waals surface area (Å²) in [5, 5.41) is 12.0. The van der Waals surface area contributed by atoms with Crippen molar-refractivity contribution in [2.24, 2.45) is 5.92 Å². The van der Waals surface area contributed by atoms with E-state index in [1.807, 2.05) is 6.07 Å². The maximum absolute atomic E-state index is 12.0. The van der Waals surface area contributed by atoms with Crippen LogP contribution >= 0.6 is 0 Å². The van der Waals surface area contributed by atoms with Crippen molar-refractivity contribution in [1.29, 1.82) is 0 Å². The first-order valence-electron chi connectivity index (χ1n) is 6.77. The van der Waals surface area contributed by atoms with Gasteiger partial charge in [0.1, 0.15) is 6.04 Å². The molecule has 0 aliphatic heterocycles. The van der Waals surface area contributed by atoms with Crippen molar-refractivity contribution in [1.82, 2.24) is 5.32 Å². The number of carboxylic acids is 1. The highest BCUT2D eigenvalue weighted by Crippen LogP contribution is 2.26. The first-order valence-corrected chi connectivity index (χ1v) is 6.77. The van der Waals surface area contributed by atoms with E-state index in [4.69, 9.17) is 0 Å². The second-order valence-corrected chi connectivity index (χ2v) is 5.05. The van der Waals surface area contributed by atoms with E-state index >= 15 is 0 Å². The average molecular weight is 261 g/mol. The molecule has 1 amide bonds. The number of carbonyl (C=O) groups excluding carboxylic acids is 1. The van der Waals surface area contributed by atoms with Crippen LogP contribution in [0.15, 0.2) is 30.3 Å². The van der Waals surface area contributed by atoms with E-state index in [1.165, 1.54) is 0 Å². The standard InChI is InChI=1S/C15H19NO3/c17-14(12-9-5-2-6-10-12)16-13(15(18)19)11-7-3-1-4-8-11/h2,5-6,9-11,13H,1,3-4,7-8H2,(H,16,17)(H,18,19)/t13-/m0/s1. The number of carboxylic acid groups (broad SMARTS) is 1. The van der Waals surface area contributed by atoms with Crippen LogP contribution in [0.4, 0.5) is 0 Å². The first kappa shape index (κ1) is 13.6. The Kier molecular flexibility index (Phi) is 4.55. The molecule has 1 fully saturated rings. The monoisotopic (exact) mass is 261 g/mol. The molecule has 19 heavy (non-hydrogen) atoms. The molecule has 0 bridgehead atoms. The zero-order valence-corrected chi connectivity index (χ0v) is 10.8. The van der Waals surface area contributed by atoms with Crippen LogP contribution in [-0.4, -0.2) is 23.0 Å². The van der Waals surface area contributed by atoms with Gasteiger partial charge in [-0.3, -0.25) is 4.79 Å². The Labute approximate surface area is 112 Å². The third-order valence-corrected chi connectivity index (χ3v) is 3.71. The molecule has 2 N–H and O–H groups in total. The maximum Gasteiger partial charge on any atom is 0.326 e. The fourth-order valence-corrected chi connectivity index (χ4v) is 2.66. The number of hydrogen-bond donors (Lipinski definition) is 2. The molecule has 0 radical (unpaired) electrons. The topological polar surface area (TPSA) is 66.4 Å². The lowest BCUT2D eigenvalue weighted by Gasteiger charge is -2.28. The number of hydrogen-bond acceptors (Lipinski definition) is 2. The van der Waals surface area contributed by atoms with E-state index in [1.54, 1.807) is 24.3 Å². The van der Waals surface area contributed by atoms with Gasteiger partial charge in [-0.1, -0.05) is 37.5 Å². The number of aliphatic carboxylic acids is 1. The van der Waals surface area contributed by atoms with Crippen LogP contribution in [0, 0.1) is 5.92 Å². The molecule has 0 unspecified atom stereocenters. The Bertz CT molecular complexity index is 438. The normalized spacial score (nSPS) is 17.7. The van der Waals surface area contributed by atoms with Crippen LogP contribution in [0.5, 0.6) is 0 Å². The lowest BCUT2D eigenvalue weighted by molar-refractivity contribution is -0.141. The van der Waals surface area contributed by atoms with Crippen molar-refractivity contribution in [3.05, 3.63) is 35.9 Å². The van der Waals surface area contributed by atoms with Gasteiger partial charge in [-0.25, -0.2) is 4.79 Å². The summed E-state index contributed by atoms with van der Waals surface area (Å²) in [7, 11) is 0. The van der Waals surface area contributed by atoms with E-state index in [2.05, 4.69) is 5.32 Å². The quantitative estimate of drug-likeness (QED) is 0.874. The van der Waals surface area contributed by atoms with Crippen LogP contribution < -0.4 is 5.32 Å². The zero-order valence-electron chi connectivity index (χ0n) is 10.8. The van der Waals surface area contributed by atoms with Crippen LogP contribution in [0.1, 0.15) is 42.5 Å². The number of amides is 1. The van der Waals surface area contributed by atoms with Crippen molar-refractivity contribution < 1.29 is 14.7 Å². The molecule has 0 spiro atoms. The fourth-order valence-electron chi connectivity index (χ4n) is 2.66. The molecule has 1 aromatic carbocycles. The van der Waals surface area contributed by atoms with Crippen molar-refractivity contribution in [3.8, 4) is 0 Å². The van der Waals surface area contributed by atoms with E-state index in [-0.39, 0.29) is 11.8 Å². The van der Waals surface area contributed by atoms with E-state index in [9.17, 15) is 14.7 Å². The molecule has 1 aliphatic carbocycles. The minimum atomic E-state index is -0.934. The molecule has 2 rings (SSSR count). The van der Waals surface area contributed by atoms with Crippen LogP contribution in [0.3, 0.4) is 0 Å². The minimum absolute atomic E-state index is 0.0545. The van der Waals surface area contributed by atoms with Gasteiger partial charge in [-0.2, -0.15) is 0 Å². The van der Waals surface area contributed by atoms with Crippen molar-refractivity contribution in [2.45, 2.75) is 38.1 Å². The van der Waals surface area contributed by atoms with Gasteiger partial charge >= 0.3 is 5.97 Å². The Morgan fingerprint density at radius 1 is 1.11 bits per heavy atom. The molecule has 4 heteroatoms. The van der Waals surface area contributed by atoms with Gasteiger partial charge in [0.2, 0.25) is 0 Å². The molecule has 1 atom stereocenters. The van der Waals surface area contributed by atoms with Crippen LogP contribution in [0.25, 0.3) is 0 Å². The lowest BCUT2D eigenvalue weighted by atomic mass is 9.84. The number of nitrogens with one attached hydrogen (secondary N) is 1. The lowest BCUT2D eigenvalue weighted by Crippen LogP contribution is -2.46. The summed E-state index contributed by atoms with van der Waals surface area (Å²) in [5.74, 6) is -1.19. The van der Waals surface area contributed by atoms with Gasteiger partial charge in [0, 0.05) is 5.56 Å². The SMILES string of the molecule is O=C(N[C@H](C(=O)O)C1CCCCC1)c1ccccc1. The zero-order chi connectivity index (χ0) is 13.7. The highest BCUT2D eigenvalue weighted by Gasteiger charge is 2.30. The molecule has 4 nitrogen and oxygen atoms in total. The van der Waals surface area contributed by atoms with Crippen molar-refractivity contribution >= 4 is 11.9 Å². The summed E-state index contributed by atoms with van der Waals surface area (Å²) < 4.78 is 0. The number of rotatable bonds is 4. The Morgan fingerprint density at radius 3 is 2.32 bits per heavy atom. The van der Waals surface area contributed by atoms with Gasteiger partial charge in [-0.15, -0.1) is 0 Å². The van der Waals surface area contributed by atoms with E-state index < -0.39 is 12.0 Å². The second kappa shape index (κ2) is 6.36. The molecule has 102 valence electrons. The van der Waals surface area contributed by atoms with Gasteiger partial charge in [0.25, 0.3) is 5.91 Å². The van der Waals surface area contributed by atoms with Crippen molar-refractivity contribution in [3.63, 3.8) is 0 Å². The summed E-state index contributed by atoms with van der Waals surface area (Å²) in [6, 6.07) is 7.97. The molecule has 1 aliphatic rings. The van der Waals surface area contributed by atoms with Crippen molar-refractivity contribution in [2.75, 3.05) is 0 Å². The molecule has 0 heterocycles. The predicted molar refractivity (Wildman–Crippen MR) is 71.9 cm³/mol. The summed E-state index contributed by atoms with van der Waals surface area (Å²) in [5.41, 5.74) is 0.504. The predicted octanol–water partition coefficient (Wildman–Crippen LogP) is 2.45. The molecular formula is C15H19NO3. The molecule has 1 saturated carbocycles. The Balaban J connectivity index is 2.04. The van der Waals surface area contributed by atoms with E-state index in [0.717, 1.165) is 32.1 Å². The Morgan fingerprint density at radius 2 is 1.74 bits per heavy atom. The highest BCUT2D eigenvalue weighted by atomic mass is 16.4. The Hall–Kier alpha value is -1.84. The third-order valence-electron chi connectivity index (χ3n) is 3.71. The third kappa shape index (κ3) is 3.56. The molecule has 1 aromatic rings. The van der Waals surface area contributed by atoms with Gasteiger partial charge in [0.15, 0.2) is 0 Å². The van der Waals surface area contributed by atoms with Crippen LogP contribution in [-0.2, 0) is 4.79 Å². The molecule has 0 saturated heterocycles. The summed E-state index contributed by atoms with van der Waals surface area (Å²) >= 11 is 0. The van der Waals surface area contributed by atoms with Gasteiger partial charge in [-0.05, 0) is 30.9 Å². The second-order valence-electron chi connectivity index (χ2n) is 5.05. The molecular weight excluding hydrogens is 242 g/mol. The largest absolute Gasteiger partial charge is 0.480 e. The average Bonchev–Trinajstić information content (AvgIpc) is 2.46. The fraction of sp³-hybridized carbons (Fsp3) is 0.467. The molecule has 0 aromatic heterocycles. The van der Waals surface area contributed by atoms with E-state index in [0.29, 0.717) is 5.56 Å². The summed E-state index contributed by atoms with van der Waals surface area (Å²) in [4.78, 5) is 23.4. The first-order chi connectivity index (χ1) is 9.18. The summed E-state index contributed by atoms with van der Waals surface area (Å²) in [6.45, 7) is 0. The minimum Gasteiger partial charge on any atom is -0.480 e. The maximum atomic E-state index is 12.0. The number of carbonyl (C=O) groups is 2. The smallest absolute Gasteiger partial charge is 0.326 e. The highest BCUT2D eigenvalue weighted by molar-refractivity contribution is 5.96. The van der Waals surface area contributed by atoms with Crippen LogP contribution in [0.2, 0.25) is 0 Å².